The van der Waals surface area contributed by atoms with Crippen LogP contribution in [0.4, 0.5) is 0 Å². The first kappa shape index (κ1) is 6.93. The molecule has 0 aromatic heterocycles. The second-order valence-corrected chi connectivity index (χ2v) is 3.42. The summed E-state index contributed by atoms with van der Waals surface area (Å²) in [6.07, 6.45) is 0. The molecule has 1 saturated heterocycles. The Morgan fingerprint density at radius 1 is 1.78 bits per heavy atom. The largest absolute Gasteiger partial charge is 0.356 e. The Bertz CT molecular complexity index is 112. The van der Waals surface area contributed by atoms with Crippen LogP contribution in [0.1, 0.15) is 6.92 Å². The zero-order valence-corrected chi connectivity index (χ0v) is 6.33. The van der Waals surface area contributed by atoms with Crippen molar-refractivity contribution in [3.63, 3.8) is 0 Å². The molecule has 0 aromatic carbocycles. The Hall–Kier alpha value is -0.180. The first-order valence-corrected chi connectivity index (χ1v) is 4.26. The minimum atomic E-state index is 0.0897. The fourth-order valence-corrected chi connectivity index (χ4v) is 1.50. The lowest BCUT2D eigenvalue weighted by atomic mass is 10.2. The minimum Gasteiger partial charge on any atom is -0.356 e. The number of hydrogen-bond acceptors (Lipinski definition) is 2. The van der Waals surface area contributed by atoms with Crippen molar-refractivity contribution < 1.29 is 4.79 Å². The fourth-order valence-electron chi connectivity index (χ4n) is 0.690. The second-order valence-electron chi connectivity index (χ2n) is 2.34. The Labute approximate surface area is 59.4 Å². The molecule has 0 bridgehead atoms. The van der Waals surface area contributed by atoms with E-state index in [-0.39, 0.29) is 5.91 Å². The van der Waals surface area contributed by atoms with E-state index in [0.717, 1.165) is 12.5 Å². The summed E-state index contributed by atoms with van der Waals surface area (Å²) < 4.78 is 0. The molecule has 0 saturated carbocycles. The van der Waals surface area contributed by atoms with Gasteiger partial charge in [-0.2, -0.15) is 11.8 Å². The molecule has 3 heteroatoms. The molecule has 1 N–H and O–H groups in total. The number of rotatable bonds is 2. The Kier molecular flexibility index (Phi) is 2.39. The number of nitrogens with one attached hydrogen (secondary N) is 1. The number of hydrogen-bond donors (Lipinski definition) is 1. The van der Waals surface area contributed by atoms with Crippen molar-refractivity contribution in [3.05, 3.63) is 0 Å². The molecular weight excluding hydrogens is 134 g/mol. The first-order chi connectivity index (χ1) is 4.29. The highest BCUT2D eigenvalue weighted by atomic mass is 32.2. The average molecular weight is 145 g/mol. The van der Waals surface area contributed by atoms with Gasteiger partial charge in [0.05, 0.1) is 0 Å². The van der Waals surface area contributed by atoms with Crippen LogP contribution in [0.3, 0.4) is 0 Å². The van der Waals surface area contributed by atoms with Crippen LogP contribution in [0, 0.1) is 5.92 Å². The Morgan fingerprint density at radius 3 is 2.78 bits per heavy atom. The second kappa shape index (κ2) is 3.11. The third-order valence-electron chi connectivity index (χ3n) is 1.35. The predicted octanol–water partition coefficient (Wildman–Crippen LogP) is 0.485. The molecule has 0 atom stereocenters. The molecule has 52 valence electrons. The van der Waals surface area contributed by atoms with E-state index in [4.69, 9.17) is 0 Å². The van der Waals surface area contributed by atoms with Crippen molar-refractivity contribution in [2.24, 2.45) is 5.92 Å². The molecule has 0 unspecified atom stereocenters. The molecule has 2 nitrogen and oxygen atoms in total. The molecule has 1 rings (SSSR count). The quantitative estimate of drug-likeness (QED) is 0.612. The maximum absolute atomic E-state index is 10.4. The molecule has 0 spiro atoms. The normalized spacial score (nSPS) is 18.8. The van der Waals surface area contributed by atoms with Crippen molar-refractivity contribution >= 4 is 17.7 Å². The van der Waals surface area contributed by atoms with Crippen LogP contribution in [0.25, 0.3) is 0 Å². The summed E-state index contributed by atoms with van der Waals surface area (Å²) in [6.45, 7) is 2.44. The van der Waals surface area contributed by atoms with Gasteiger partial charge in [-0.15, -0.1) is 0 Å². The van der Waals surface area contributed by atoms with E-state index in [1.54, 1.807) is 6.92 Å². The van der Waals surface area contributed by atoms with Crippen LogP contribution < -0.4 is 5.32 Å². The highest BCUT2D eigenvalue weighted by Gasteiger charge is 2.17. The molecular formula is C6H11NOS. The molecule has 1 aliphatic heterocycles. The van der Waals surface area contributed by atoms with E-state index in [0.29, 0.717) is 0 Å². The molecule has 0 aliphatic carbocycles. The van der Waals surface area contributed by atoms with Gasteiger partial charge in [0.15, 0.2) is 0 Å². The number of thioether (sulfide) groups is 1. The summed E-state index contributed by atoms with van der Waals surface area (Å²) in [5.41, 5.74) is 0. The molecule has 1 aliphatic rings. The summed E-state index contributed by atoms with van der Waals surface area (Å²) in [5.74, 6) is 3.28. The summed E-state index contributed by atoms with van der Waals surface area (Å²) in [7, 11) is 0. The Morgan fingerprint density at radius 2 is 2.44 bits per heavy atom. The number of carbonyl (C=O) groups excluding carboxylic acids is 1. The molecule has 1 heterocycles. The highest BCUT2D eigenvalue weighted by Crippen LogP contribution is 2.23. The van der Waals surface area contributed by atoms with Crippen LogP contribution in [-0.4, -0.2) is 24.0 Å². The molecule has 0 radical (unpaired) electrons. The molecule has 1 amide bonds. The smallest absolute Gasteiger partial charge is 0.216 e. The van der Waals surface area contributed by atoms with Gasteiger partial charge in [0.25, 0.3) is 0 Å². The molecule has 9 heavy (non-hydrogen) atoms. The maximum Gasteiger partial charge on any atom is 0.216 e. The lowest BCUT2D eigenvalue weighted by molar-refractivity contribution is -0.119. The third-order valence-corrected chi connectivity index (χ3v) is 2.76. The van der Waals surface area contributed by atoms with Crippen molar-refractivity contribution in [2.45, 2.75) is 6.92 Å². The molecule has 0 aromatic rings. The van der Waals surface area contributed by atoms with Gasteiger partial charge in [-0.25, -0.2) is 0 Å². The highest BCUT2D eigenvalue weighted by molar-refractivity contribution is 8.00. The van der Waals surface area contributed by atoms with Crippen LogP contribution in [0.2, 0.25) is 0 Å². The van der Waals surface area contributed by atoms with E-state index in [9.17, 15) is 4.79 Å². The summed E-state index contributed by atoms with van der Waals surface area (Å²) in [6, 6.07) is 0. The van der Waals surface area contributed by atoms with Crippen molar-refractivity contribution in [2.75, 3.05) is 18.1 Å². The van der Waals surface area contributed by atoms with E-state index in [1.165, 1.54) is 11.5 Å². The lowest BCUT2D eigenvalue weighted by Crippen LogP contribution is -2.33. The maximum atomic E-state index is 10.4. The third kappa shape index (κ3) is 2.26. The van der Waals surface area contributed by atoms with E-state index in [1.807, 2.05) is 11.8 Å². The summed E-state index contributed by atoms with van der Waals surface area (Å²) >= 11 is 1.95. The zero-order chi connectivity index (χ0) is 6.69. The monoisotopic (exact) mass is 145 g/mol. The van der Waals surface area contributed by atoms with Gasteiger partial charge in [-0.3, -0.25) is 4.79 Å². The van der Waals surface area contributed by atoms with Crippen molar-refractivity contribution in [1.82, 2.24) is 5.32 Å². The SMILES string of the molecule is CC(=O)NCC1CSC1. The van der Waals surface area contributed by atoms with E-state index >= 15 is 0 Å². The van der Waals surface area contributed by atoms with Crippen LogP contribution in [0.15, 0.2) is 0 Å². The van der Waals surface area contributed by atoms with Crippen molar-refractivity contribution in [3.8, 4) is 0 Å². The zero-order valence-electron chi connectivity index (χ0n) is 5.52. The van der Waals surface area contributed by atoms with Gasteiger partial charge < -0.3 is 5.32 Å². The van der Waals surface area contributed by atoms with E-state index < -0.39 is 0 Å². The Balaban J connectivity index is 1.97. The van der Waals surface area contributed by atoms with Crippen LogP contribution in [-0.2, 0) is 4.79 Å². The lowest BCUT2D eigenvalue weighted by Gasteiger charge is -2.24. The number of amides is 1. The van der Waals surface area contributed by atoms with Gasteiger partial charge in [-0.05, 0) is 17.4 Å². The average Bonchev–Trinajstić information content (AvgIpc) is 1.60. The van der Waals surface area contributed by atoms with Crippen molar-refractivity contribution in [1.29, 1.82) is 0 Å². The minimum absolute atomic E-state index is 0.0897. The van der Waals surface area contributed by atoms with Gasteiger partial charge in [0, 0.05) is 13.5 Å². The topological polar surface area (TPSA) is 29.1 Å². The number of carbonyl (C=O) groups is 1. The standard InChI is InChI=1S/C6H11NOS/c1-5(8)7-2-6-3-9-4-6/h6H,2-4H2,1H3,(H,7,8). The van der Waals surface area contributed by atoms with Crippen LogP contribution in [0.5, 0.6) is 0 Å². The first-order valence-electron chi connectivity index (χ1n) is 3.11. The van der Waals surface area contributed by atoms with Gasteiger partial charge in [0.1, 0.15) is 0 Å². The molecule has 1 fully saturated rings. The van der Waals surface area contributed by atoms with Crippen LogP contribution >= 0.6 is 11.8 Å². The van der Waals surface area contributed by atoms with Gasteiger partial charge >= 0.3 is 0 Å². The fraction of sp³-hybridized carbons (Fsp3) is 0.833. The predicted molar refractivity (Wildman–Crippen MR) is 39.5 cm³/mol. The van der Waals surface area contributed by atoms with Gasteiger partial charge in [0.2, 0.25) is 5.91 Å². The summed E-state index contributed by atoms with van der Waals surface area (Å²) in [4.78, 5) is 10.4. The van der Waals surface area contributed by atoms with E-state index in [2.05, 4.69) is 5.32 Å². The van der Waals surface area contributed by atoms with Gasteiger partial charge in [-0.1, -0.05) is 0 Å². The summed E-state index contributed by atoms with van der Waals surface area (Å²) in [5, 5.41) is 2.80.